The Labute approximate surface area is 246 Å². The van der Waals surface area contributed by atoms with E-state index in [1.807, 2.05) is 42.5 Å². The zero-order chi connectivity index (χ0) is 29.7. The molecule has 0 aliphatic carbocycles. The topological polar surface area (TPSA) is 34.1 Å². The van der Waals surface area contributed by atoms with E-state index < -0.39 is 15.1 Å². The molecule has 4 rings (SSSR count). The fraction of sp³-hybridized carbons (Fsp3) is 0.263. The molecule has 0 saturated carbocycles. The average molecular weight is 559 g/mol. The van der Waals surface area contributed by atoms with Crippen molar-refractivity contribution < 1.29 is 8.42 Å². The van der Waals surface area contributed by atoms with Crippen molar-refractivity contribution in [2.45, 2.75) is 68.9 Å². The summed E-state index contributed by atoms with van der Waals surface area (Å²) in [6.45, 7) is 12.8. The van der Waals surface area contributed by atoms with Crippen LogP contribution in [-0.2, 0) is 20.7 Å². The van der Waals surface area contributed by atoms with Crippen LogP contribution in [0.3, 0.4) is 0 Å². The molecule has 208 valence electrons. The van der Waals surface area contributed by atoms with Gasteiger partial charge in [-0.1, -0.05) is 109 Å². The smallest absolute Gasteiger partial charge is 0.186 e. The monoisotopic (exact) mass is 558 g/mol. The van der Waals surface area contributed by atoms with Crippen LogP contribution in [0.4, 0.5) is 0 Å². The Morgan fingerprint density at radius 3 is 1.83 bits per heavy atom. The lowest BCUT2D eigenvalue weighted by molar-refractivity contribution is 0.583. The van der Waals surface area contributed by atoms with Crippen molar-refractivity contribution in [3.05, 3.63) is 137 Å². The van der Waals surface area contributed by atoms with Crippen LogP contribution in [0.25, 0.3) is 0 Å². The molecule has 0 fully saturated rings. The maximum atomic E-state index is 13.6. The van der Waals surface area contributed by atoms with Gasteiger partial charge in [-0.05, 0) is 87.6 Å². The van der Waals surface area contributed by atoms with Crippen molar-refractivity contribution in [2.24, 2.45) is 0 Å². The highest BCUT2D eigenvalue weighted by Gasteiger charge is 2.28. The minimum Gasteiger partial charge on any atom is -0.223 e. The first-order chi connectivity index (χ1) is 19.4. The van der Waals surface area contributed by atoms with Crippen molar-refractivity contribution in [1.29, 1.82) is 0 Å². The predicted molar refractivity (Wildman–Crippen MR) is 170 cm³/mol. The molecule has 0 aliphatic heterocycles. The molecule has 0 aromatic heterocycles. The van der Waals surface area contributed by atoms with E-state index >= 15 is 0 Å². The molecule has 0 saturated heterocycles. The van der Waals surface area contributed by atoms with Gasteiger partial charge in [-0.15, -0.1) is 0 Å². The third kappa shape index (κ3) is 7.00. The van der Waals surface area contributed by atoms with Crippen molar-refractivity contribution in [3.8, 4) is 23.7 Å². The molecule has 0 N–H and O–H groups in total. The van der Waals surface area contributed by atoms with Gasteiger partial charge in [-0.3, -0.25) is 0 Å². The second kappa shape index (κ2) is 12.2. The van der Waals surface area contributed by atoms with Crippen LogP contribution >= 0.6 is 0 Å². The maximum Gasteiger partial charge on any atom is 0.186 e. The number of aryl methyl sites for hydroxylation is 2. The van der Waals surface area contributed by atoms with Gasteiger partial charge in [0, 0.05) is 12.0 Å². The van der Waals surface area contributed by atoms with E-state index in [4.69, 9.17) is 0 Å². The molecule has 0 aliphatic rings. The normalized spacial score (nSPS) is 12.4. The Kier molecular flexibility index (Phi) is 8.92. The molecule has 41 heavy (non-hydrogen) atoms. The molecule has 0 amide bonds. The summed E-state index contributed by atoms with van der Waals surface area (Å²) in [7, 11) is -3.61. The molecular formula is C38H38O2S. The molecule has 0 radical (unpaired) electrons. The molecular weight excluding hydrogens is 520 g/mol. The largest absolute Gasteiger partial charge is 0.223 e. The number of hydrogen-bond acceptors (Lipinski definition) is 2. The number of benzene rings is 4. The standard InChI is InChI=1S/C38H38O2S/c1-29-28-35(38(5,6)26-25-37(3,4)33-20-12-8-13-21-33)30(2)27-32(29)19-16-24-36(31-17-10-7-11-18-31)41(39,40)34-22-14-9-15-23-34/h7-15,17-18,20-23,27-28,36H,24H2,1-6H3. The van der Waals surface area contributed by atoms with Crippen LogP contribution in [0.2, 0.25) is 0 Å². The lowest BCUT2D eigenvalue weighted by atomic mass is 9.78. The van der Waals surface area contributed by atoms with Gasteiger partial charge in [0.05, 0.1) is 15.7 Å². The predicted octanol–water partition coefficient (Wildman–Crippen LogP) is 8.52. The summed E-state index contributed by atoms with van der Waals surface area (Å²) in [6, 6.07) is 32.6. The molecule has 1 unspecified atom stereocenters. The van der Waals surface area contributed by atoms with Crippen LogP contribution in [0, 0.1) is 37.5 Å². The Morgan fingerprint density at radius 2 is 1.22 bits per heavy atom. The Hall–Kier alpha value is -4.05. The minimum atomic E-state index is -3.61. The molecule has 0 bridgehead atoms. The average Bonchev–Trinajstić information content (AvgIpc) is 2.97. The number of hydrogen-bond donors (Lipinski definition) is 0. The first-order valence-corrected chi connectivity index (χ1v) is 15.5. The van der Waals surface area contributed by atoms with Crippen molar-refractivity contribution >= 4 is 9.84 Å². The zero-order valence-electron chi connectivity index (χ0n) is 24.8. The van der Waals surface area contributed by atoms with Crippen LogP contribution < -0.4 is 0 Å². The van der Waals surface area contributed by atoms with Gasteiger partial charge in [0.2, 0.25) is 0 Å². The minimum absolute atomic E-state index is 0.201. The molecule has 2 nitrogen and oxygen atoms in total. The van der Waals surface area contributed by atoms with E-state index in [0.29, 0.717) is 4.90 Å². The lowest BCUT2D eigenvalue weighted by Crippen LogP contribution is -2.20. The van der Waals surface area contributed by atoms with Gasteiger partial charge in [-0.25, -0.2) is 8.42 Å². The fourth-order valence-corrected chi connectivity index (χ4v) is 6.70. The van der Waals surface area contributed by atoms with E-state index in [1.54, 1.807) is 24.3 Å². The molecule has 3 heteroatoms. The van der Waals surface area contributed by atoms with Crippen molar-refractivity contribution in [1.82, 2.24) is 0 Å². The highest BCUT2D eigenvalue weighted by molar-refractivity contribution is 7.91. The summed E-state index contributed by atoms with van der Waals surface area (Å²) in [6.07, 6.45) is 0.201. The molecule has 0 spiro atoms. The van der Waals surface area contributed by atoms with E-state index in [0.717, 1.165) is 22.3 Å². The molecule has 0 heterocycles. The second-order valence-corrected chi connectivity index (χ2v) is 13.7. The van der Waals surface area contributed by atoms with Gasteiger partial charge in [0.25, 0.3) is 0 Å². The van der Waals surface area contributed by atoms with Gasteiger partial charge < -0.3 is 0 Å². The first-order valence-electron chi connectivity index (χ1n) is 14.0. The van der Waals surface area contributed by atoms with Gasteiger partial charge in [0.15, 0.2) is 9.84 Å². The second-order valence-electron chi connectivity index (χ2n) is 11.6. The Morgan fingerprint density at radius 1 is 0.683 bits per heavy atom. The maximum absolute atomic E-state index is 13.6. The van der Waals surface area contributed by atoms with Gasteiger partial charge in [0.1, 0.15) is 5.25 Å². The van der Waals surface area contributed by atoms with E-state index in [-0.39, 0.29) is 17.3 Å². The zero-order valence-corrected chi connectivity index (χ0v) is 25.6. The summed E-state index contributed by atoms with van der Waals surface area (Å²) < 4.78 is 27.2. The van der Waals surface area contributed by atoms with Crippen LogP contribution in [0.5, 0.6) is 0 Å². The SMILES string of the molecule is Cc1cc(C(C)(C)C#CC(C)(C)c2ccccc2)c(C)cc1C#CCC(c1ccccc1)S(=O)(=O)c1ccccc1. The van der Waals surface area contributed by atoms with E-state index in [1.165, 1.54) is 11.1 Å². The highest BCUT2D eigenvalue weighted by atomic mass is 32.2. The highest BCUT2D eigenvalue weighted by Crippen LogP contribution is 2.32. The third-order valence-corrected chi connectivity index (χ3v) is 9.67. The Balaban J connectivity index is 1.62. The quantitative estimate of drug-likeness (QED) is 0.222. The van der Waals surface area contributed by atoms with Crippen LogP contribution in [0.15, 0.2) is 108 Å². The molecule has 1 atom stereocenters. The first kappa shape index (κ1) is 29.9. The number of sulfone groups is 1. The summed E-state index contributed by atoms with van der Waals surface area (Å²) in [5.74, 6) is 13.6. The molecule has 4 aromatic rings. The Bertz CT molecular complexity index is 1730. The summed E-state index contributed by atoms with van der Waals surface area (Å²) in [5, 5.41) is -0.749. The lowest BCUT2D eigenvalue weighted by Gasteiger charge is -2.24. The van der Waals surface area contributed by atoms with Crippen LogP contribution in [0.1, 0.15) is 72.7 Å². The van der Waals surface area contributed by atoms with Crippen molar-refractivity contribution in [2.75, 3.05) is 0 Å². The third-order valence-electron chi connectivity index (χ3n) is 7.56. The van der Waals surface area contributed by atoms with Crippen LogP contribution in [-0.4, -0.2) is 8.42 Å². The van der Waals surface area contributed by atoms with E-state index in [9.17, 15) is 8.42 Å². The van der Waals surface area contributed by atoms with Crippen molar-refractivity contribution in [3.63, 3.8) is 0 Å². The number of rotatable bonds is 6. The molecule has 4 aromatic carbocycles. The van der Waals surface area contributed by atoms with Gasteiger partial charge >= 0.3 is 0 Å². The van der Waals surface area contributed by atoms with Gasteiger partial charge in [-0.2, -0.15) is 0 Å². The fourth-order valence-electron chi connectivity index (χ4n) is 5.02. The summed E-state index contributed by atoms with van der Waals surface area (Å²) in [4.78, 5) is 0.311. The van der Waals surface area contributed by atoms with E-state index in [2.05, 4.69) is 102 Å². The summed E-state index contributed by atoms with van der Waals surface area (Å²) >= 11 is 0. The summed E-state index contributed by atoms with van der Waals surface area (Å²) in [5.41, 5.74) is 5.58.